The van der Waals surface area contributed by atoms with Gasteiger partial charge in [0.25, 0.3) is 0 Å². The summed E-state index contributed by atoms with van der Waals surface area (Å²) < 4.78 is 3.67. The van der Waals surface area contributed by atoms with Gasteiger partial charge in [0.2, 0.25) is 0 Å². The second-order valence-electron chi connectivity index (χ2n) is 6.62. The van der Waals surface area contributed by atoms with Gasteiger partial charge in [0.1, 0.15) is 5.60 Å². The van der Waals surface area contributed by atoms with Crippen molar-refractivity contribution in [3.8, 4) is 23.0 Å². The van der Waals surface area contributed by atoms with Crippen LogP contribution in [0.1, 0.15) is 19.4 Å². The van der Waals surface area contributed by atoms with Crippen LogP contribution in [-0.2, 0) is 7.05 Å². The van der Waals surface area contributed by atoms with E-state index in [-0.39, 0.29) is 0 Å². The molecular formula is C20H18N4O. The van der Waals surface area contributed by atoms with Crippen LogP contribution in [0.25, 0.3) is 27.5 Å². The topological polar surface area (TPSA) is 55.4 Å². The first-order chi connectivity index (χ1) is 11.9. The summed E-state index contributed by atoms with van der Waals surface area (Å²) in [4.78, 5) is 0. The molecule has 0 aliphatic carbocycles. The molecule has 4 aromatic rings. The maximum atomic E-state index is 9.90. The maximum absolute atomic E-state index is 9.90. The van der Waals surface area contributed by atoms with E-state index in [4.69, 9.17) is 0 Å². The van der Waals surface area contributed by atoms with E-state index < -0.39 is 5.60 Å². The van der Waals surface area contributed by atoms with E-state index in [0.717, 1.165) is 33.1 Å². The summed E-state index contributed by atoms with van der Waals surface area (Å²) in [6, 6.07) is 10.1. The summed E-state index contributed by atoms with van der Waals surface area (Å²) in [5.41, 5.74) is 3.88. The van der Waals surface area contributed by atoms with Crippen molar-refractivity contribution in [1.82, 2.24) is 19.4 Å². The second-order valence-corrected chi connectivity index (χ2v) is 6.62. The van der Waals surface area contributed by atoms with Gasteiger partial charge < -0.3 is 5.11 Å². The van der Waals surface area contributed by atoms with Crippen molar-refractivity contribution in [3.05, 3.63) is 54.5 Å². The molecule has 0 spiro atoms. The van der Waals surface area contributed by atoms with Crippen LogP contribution in [0.15, 0.2) is 48.9 Å². The molecular weight excluding hydrogens is 312 g/mol. The molecule has 0 bridgehead atoms. The molecule has 0 unspecified atom stereocenters. The molecule has 0 aliphatic rings. The molecule has 1 N–H and O–H groups in total. The molecule has 0 saturated heterocycles. The predicted octanol–water partition coefficient (Wildman–Crippen LogP) is 3.01. The van der Waals surface area contributed by atoms with Crippen LogP contribution in [0.2, 0.25) is 0 Å². The molecule has 0 radical (unpaired) electrons. The van der Waals surface area contributed by atoms with Crippen molar-refractivity contribution in [2.45, 2.75) is 19.4 Å². The van der Waals surface area contributed by atoms with Gasteiger partial charge in [0.05, 0.1) is 29.0 Å². The van der Waals surface area contributed by atoms with Crippen LogP contribution in [0.3, 0.4) is 0 Å². The lowest BCUT2D eigenvalue weighted by Gasteiger charge is -2.07. The third kappa shape index (κ3) is 2.77. The Kier molecular flexibility index (Phi) is 3.38. The molecule has 25 heavy (non-hydrogen) atoms. The van der Waals surface area contributed by atoms with Crippen molar-refractivity contribution in [2.24, 2.45) is 7.05 Å². The highest BCUT2D eigenvalue weighted by atomic mass is 16.3. The van der Waals surface area contributed by atoms with Crippen molar-refractivity contribution >= 4 is 16.4 Å². The number of rotatable bonds is 1. The van der Waals surface area contributed by atoms with E-state index in [1.165, 1.54) is 0 Å². The third-order valence-electron chi connectivity index (χ3n) is 4.10. The zero-order chi connectivity index (χ0) is 17.6. The normalized spacial score (nSPS) is 11.7. The van der Waals surface area contributed by atoms with Crippen molar-refractivity contribution in [3.63, 3.8) is 0 Å². The SMILES string of the molecule is Cn1ncc2cc(-c3cnn4cccc(C#CC(C)(C)O)c34)ccc21. The zero-order valence-corrected chi connectivity index (χ0v) is 14.4. The molecule has 5 heteroatoms. The molecule has 0 saturated carbocycles. The van der Waals surface area contributed by atoms with Crippen LogP contribution in [-0.4, -0.2) is 30.1 Å². The van der Waals surface area contributed by atoms with Crippen LogP contribution in [0.4, 0.5) is 0 Å². The number of aliphatic hydroxyl groups is 1. The van der Waals surface area contributed by atoms with E-state index in [1.54, 1.807) is 13.8 Å². The molecule has 3 aromatic heterocycles. The van der Waals surface area contributed by atoms with E-state index in [9.17, 15) is 5.11 Å². The summed E-state index contributed by atoms with van der Waals surface area (Å²) in [7, 11) is 1.93. The molecule has 3 heterocycles. The average molecular weight is 330 g/mol. The number of hydrogen-bond donors (Lipinski definition) is 1. The quantitative estimate of drug-likeness (QED) is 0.546. The van der Waals surface area contributed by atoms with E-state index in [1.807, 2.05) is 47.0 Å². The van der Waals surface area contributed by atoms with Gasteiger partial charge in [-0.05, 0) is 43.7 Å². The Morgan fingerprint density at radius 2 is 1.96 bits per heavy atom. The molecule has 0 atom stereocenters. The number of benzene rings is 1. The number of nitrogens with zero attached hydrogens (tertiary/aromatic N) is 4. The van der Waals surface area contributed by atoms with Crippen molar-refractivity contribution in [1.29, 1.82) is 0 Å². The smallest absolute Gasteiger partial charge is 0.120 e. The third-order valence-corrected chi connectivity index (χ3v) is 4.10. The lowest BCUT2D eigenvalue weighted by Crippen LogP contribution is -2.14. The Hall–Kier alpha value is -3.10. The first kappa shape index (κ1) is 15.4. The number of pyridine rings is 1. The fraction of sp³-hybridized carbons (Fsp3) is 0.200. The van der Waals surface area contributed by atoms with Gasteiger partial charge >= 0.3 is 0 Å². The molecule has 5 nitrogen and oxygen atoms in total. The molecule has 0 aliphatic heterocycles. The first-order valence-electron chi connectivity index (χ1n) is 8.06. The van der Waals surface area contributed by atoms with Gasteiger partial charge in [0.15, 0.2) is 0 Å². The highest BCUT2D eigenvalue weighted by molar-refractivity contribution is 5.90. The fourth-order valence-corrected chi connectivity index (χ4v) is 2.91. The lowest BCUT2D eigenvalue weighted by molar-refractivity contribution is 0.143. The molecule has 0 fully saturated rings. The number of aromatic nitrogens is 4. The van der Waals surface area contributed by atoms with E-state index in [0.29, 0.717) is 0 Å². The minimum absolute atomic E-state index is 0.836. The maximum Gasteiger partial charge on any atom is 0.120 e. The fourth-order valence-electron chi connectivity index (χ4n) is 2.91. The van der Waals surface area contributed by atoms with Crippen molar-refractivity contribution < 1.29 is 5.11 Å². The first-order valence-corrected chi connectivity index (χ1v) is 8.06. The predicted molar refractivity (Wildman–Crippen MR) is 98.1 cm³/mol. The summed E-state index contributed by atoms with van der Waals surface area (Å²) in [6.45, 7) is 3.35. The summed E-state index contributed by atoms with van der Waals surface area (Å²) in [6.07, 6.45) is 5.61. The molecule has 1 aromatic carbocycles. The van der Waals surface area contributed by atoms with Gasteiger partial charge in [-0.1, -0.05) is 17.9 Å². The summed E-state index contributed by atoms with van der Waals surface area (Å²) in [5, 5.41) is 19.7. The van der Waals surface area contributed by atoms with E-state index in [2.05, 4.69) is 40.2 Å². The monoisotopic (exact) mass is 330 g/mol. The molecule has 0 amide bonds. The average Bonchev–Trinajstić information content (AvgIpc) is 3.16. The largest absolute Gasteiger partial charge is 0.378 e. The Labute approximate surface area is 145 Å². The minimum Gasteiger partial charge on any atom is -0.378 e. The number of aryl methyl sites for hydroxylation is 1. The highest BCUT2D eigenvalue weighted by Gasteiger charge is 2.12. The van der Waals surface area contributed by atoms with Gasteiger partial charge in [-0.3, -0.25) is 4.68 Å². The number of hydrogen-bond acceptors (Lipinski definition) is 3. The Balaban J connectivity index is 1.93. The Bertz CT molecular complexity index is 1150. The molecule has 124 valence electrons. The van der Waals surface area contributed by atoms with Crippen LogP contribution in [0.5, 0.6) is 0 Å². The second kappa shape index (κ2) is 5.47. The Morgan fingerprint density at radius 3 is 2.76 bits per heavy atom. The van der Waals surface area contributed by atoms with Gasteiger partial charge in [-0.15, -0.1) is 0 Å². The van der Waals surface area contributed by atoms with Crippen LogP contribution >= 0.6 is 0 Å². The highest BCUT2D eigenvalue weighted by Crippen LogP contribution is 2.29. The lowest BCUT2D eigenvalue weighted by atomic mass is 10.0. The minimum atomic E-state index is -1.04. The van der Waals surface area contributed by atoms with Crippen LogP contribution in [0, 0.1) is 11.8 Å². The number of fused-ring (bicyclic) bond motifs is 2. The molecule has 4 rings (SSSR count). The van der Waals surface area contributed by atoms with E-state index >= 15 is 0 Å². The summed E-state index contributed by atoms with van der Waals surface area (Å²) in [5.74, 6) is 5.97. The van der Waals surface area contributed by atoms with Gasteiger partial charge in [0, 0.05) is 24.2 Å². The van der Waals surface area contributed by atoms with Gasteiger partial charge in [-0.2, -0.15) is 10.2 Å². The van der Waals surface area contributed by atoms with Crippen molar-refractivity contribution in [2.75, 3.05) is 0 Å². The summed E-state index contributed by atoms with van der Waals surface area (Å²) >= 11 is 0. The standard InChI is InChI=1S/C20H18N4O/c1-20(2,25)9-8-14-5-4-10-24-19(14)17(13-22-24)15-6-7-18-16(11-15)12-21-23(18)3/h4-7,10-13,25H,1-3H3. The zero-order valence-electron chi connectivity index (χ0n) is 14.4. The van der Waals surface area contributed by atoms with Gasteiger partial charge in [-0.25, -0.2) is 4.52 Å². The van der Waals surface area contributed by atoms with Crippen LogP contribution < -0.4 is 0 Å². The Morgan fingerprint density at radius 1 is 1.12 bits per heavy atom.